The first-order valence-electron chi connectivity index (χ1n) is 9.68. The lowest BCUT2D eigenvalue weighted by molar-refractivity contribution is -0.125. The number of hydrogen-bond donors (Lipinski definition) is 1. The third-order valence-electron chi connectivity index (χ3n) is 4.94. The molecule has 0 bridgehead atoms. The molecule has 3 amide bonds. The first-order chi connectivity index (χ1) is 15.1. The summed E-state index contributed by atoms with van der Waals surface area (Å²) in [6.45, 7) is 0.217. The van der Waals surface area contributed by atoms with E-state index in [1.165, 1.54) is 11.3 Å². The molecule has 0 aliphatic carbocycles. The highest BCUT2D eigenvalue weighted by Gasteiger charge is 2.42. The number of hydrogen-bond acceptors (Lipinski definition) is 7. The topological polar surface area (TPSA) is 92.3 Å². The molecule has 1 N–H and O–H groups in total. The summed E-state index contributed by atoms with van der Waals surface area (Å²) >= 11 is 3.03. The van der Waals surface area contributed by atoms with Crippen molar-refractivity contribution in [1.29, 1.82) is 0 Å². The summed E-state index contributed by atoms with van der Waals surface area (Å²) in [6, 6.07) is 9.57. The van der Waals surface area contributed by atoms with Crippen molar-refractivity contribution in [2.24, 2.45) is 0 Å². The summed E-state index contributed by atoms with van der Waals surface area (Å²) in [5.41, 5.74) is 2.31. The highest BCUT2D eigenvalue weighted by Crippen LogP contribution is 2.26. The molecule has 3 aromatic rings. The van der Waals surface area contributed by atoms with E-state index in [9.17, 15) is 14.4 Å². The predicted molar refractivity (Wildman–Crippen MR) is 121 cm³/mol. The van der Waals surface area contributed by atoms with Gasteiger partial charge in [-0.15, -0.1) is 11.3 Å². The number of nitrogens with zero attached hydrogens (tertiary/aromatic N) is 3. The average Bonchev–Trinajstić information content (AvgIpc) is 3.38. The molecule has 31 heavy (non-hydrogen) atoms. The number of pyridine rings is 1. The second-order valence-corrected chi connectivity index (χ2v) is 8.77. The Morgan fingerprint density at radius 2 is 1.90 bits per heavy atom. The maximum absolute atomic E-state index is 13.0. The van der Waals surface area contributed by atoms with Crippen LogP contribution in [0.4, 0.5) is 0 Å². The van der Waals surface area contributed by atoms with Crippen LogP contribution in [0.3, 0.4) is 0 Å². The Bertz CT molecular complexity index is 1080. The molecule has 3 heterocycles. The normalized spacial score (nSPS) is 13.9. The molecule has 0 saturated carbocycles. The van der Waals surface area contributed by atoms with Gasteiger partial charge < -0.3 is 5.32 Å². The van der Waals surface area contributed by atoms with Crippen LogP contribution in [0.1, 0.15) is 32.8 Å². The van der Waals surface area contributed by atoms with Crippen LogP contribution < -0.4 is 5.32 Å². The number of benzene rings is 1. The Labute approximate surface area is 187 Å². The number of rotatable bonds is 8. The fourth-order valence-electron chi connectivity index (χ4n) is 3.40. The van der Waals surface area contributed by atoms with Gasteiger partial charge in [0.15, 0.2) is 0 Å². The van der Waals surface area contributed by atoms with Crippen molar-refractivity contribution in [3.05, 3.63) is 71.0 Å². The zero-order chi connectivity index (χ0) is 21.8. The smallest absolute Gasteiger partial charge is 0.262 e. The van der Waals surface area contributed by atoms with E-state index in [2.05, 4.69) is 15.3 Å². The monoisotopic (exact) mass is 452 g/mol. The average molecular weight is 453 g/mol. The van der Waals surface area contributed by atoms with Gasteiger partial charge in [-0.2, -0.15) is 11.8 Å². The van der Waals surface area contributed by atoms with Crippen LogP contribution in [-0.2, 0) is 11.3 Å². The van der Waals surface area contributed by atoms with Gasteiger partial charge in [-0.1, -0.05) is 12.1 Å². The van der Waals surface area contributed by atoms with Crippen molar-refractivity contribution in [2.75, 3.05) is 12.0 Å². The van der Waals surface area contributed by atoms with Gasteiger partial charge >= 0.3 is 0 Å². The first kappa shape index (κ1) is 21.2. The van der Waals surface area contributed by atoms with E-state index in [0.717, 1.165) is 15.5 Å². The lowest BCUT2D eigenvalue weighted by Crippen LogP contribution is -2.49. The molecule has 158 valence electrons. The number of carbonyl (C=O) groups excluding carboxylic acids is 3. The Hall–Kier alpha value is -3.04. The maximum Gasteiger partial charge on any atom is 0.262 e. The standard InChI is InChI=1S/C22H20N4O3S2/c1-30-10-8-18(26-21(28)16-6-2-3-7-17(16)22(26)29)19(27)24-12-15-13-31-20(25-15)14-5-4-9-23-11-14/h2-7,9,11,13,18H,8,10,12H2,1H3,(H,24,27). The summed E-state index contributed by atoms with van der Waals surface area (Å²) in [4.78, 5) is 48.5. The number of fused-ring (bicyclic) bond motifs is 1. The second kappa shape index (κ2) is 9.40. The molecule has 9 heteroatoms. The van der Waals surface area contributed by atoms with Crippen LogP contribution in [0, 0.1) is 0 Å². The molecule has 4 rings (SSSR count). The summed E-state index contributed by atoms with van der Waals surface area (Å²) in [5, 5.41) is 5.54. The van der Waals surface area contributed by atoms with E-state index >= 15 is 0 Å². The van der Waals surface area contributed by atoms with Gasteiger partial charge in [0.25, 0.3) is 11.8 Å². The van der Waals surface area contributed by atoms with Crippen LogP contribution in [0.25, 0.3) is 10.6 Å². The molecule has 0 spiro atoms. The number of nitrogens with one attached hydrogen (secondary N) is 1. The van der Waals surface area contributed by atoms with E-state index in [1.807, 2.05) is 23.8 Å². The third-order valence-corrected chi connectivity index (χ3v) is 6.52. The van der Waals surface area contributed by atoms with E-state index in [1.54, 1.807) is 48.4 Å². The molecule has 1 aromatic carbocycles. The van der Waals surface area contributed by atoms with Crippen molar-refractivity contribution in [1.82, 2.24) is 20.2 Å². The third kappa shape index (κ3) is 4.38. The predicted octanol–water partition coefficient (Wildman–Crippen LogP) is 3.24. The fourth-order valence-corrected chi connectivity index (χ4v) is 4.67. The molecule has 1 aliphatic heterocycles. The van der Waals surface area contributed by atoms with Gasteiger partial charge in [0.2, 0.25) is 5.91 Å². The molecule has 1 unspecified atom stereocenters. The Balaban J connectivity index is 1.48. The fraction of sp³-hybridized carbons (Fsp3) is 0.227. The highest BCUT2D eigenvalue weighted by atomic mass is 32.2. The number of amides is 3. The number of thiazole rings is 1. The molecule has 0 radical (unpaired) electrons. The Morgan fingerprint density at radius 1 is 1.16 bits per heavy atom. The van der Waals surface area contributed by atoms with E-state index in [-0.39, 0.29) is 12.5 Å². The Morgan fingerprint density at radius 3 is 2.55 bits per heavy atom. The zero-order valence-electron chi connectivity index (χ0n) is 16.8. The maximum atomic E-state index is 13.0. The van der Waals surface area contributed by atoms with E-state index in [0.29, 0.717) is 29.0 Å². The van der Waals surface area contributed by atoms with Crippen molar-refractivity contribution in [3.63, 3.8) is 0 Å². The summed E-state index contributed by atoms with van der Waals surface area (Å²) in [5.74, 6) is -0.559. The van der Waals surface area contributed by atoms with Crippen LogP contribution in [0.5, 0.6) is 0 Å². The van der Waals surface area contributed by atoms with Gasteiger partial charge in [0.1, 0.15) is 11.0 Å². The molecule has 0 saturated heterocycles. The van der Waals surface area contributed by atoms with Crippen LogP contribution in [-0.4, -0.2) is 50.6 Å². The van der Waals surface area contributed by atoms with E-state index in [4.69, 9.17) is 0 Å². The first-order valence-corrected chi connectivity index (χ1v) is 12.0. The van der Waals surface area contributed by atoms with E-state index < -0.39 is 17.9 Å². The van der Waals surface area contributed by atoms with Gasteiger partial charge in [-0.05, 0) is 42.7 Å². The van der Waals surface area contributed by atoms with Crippen molar-refractivity contribution in [2.45, 2.75) is 19.0 Å². The molecular weight excluding hydrogens is 432 g/mol. The molecule has 0 fully saturated rings. The summed E-state index contributed by atoms with van der Waals surface area (Å²) in [7, 11) is 0. The van der Waals surface area contributed by atoms with Crippen LogP contribution >= 0.6 is 23.1 Å². The number of aromatic nitrogens is 2. The largest absolute Gasteiger partial charge is 0.349 e. The number of imide groups is 1. The van der Waals surface area contributed by atoms with Gasteiger partial charge in [0, 0.05) is 23.3 Å². The Kier molecular flexibility index (Phi) is 6.43. The number of carbonyl (C=O) groups is 3. The molecular formula is C22H20N4O3S2. The lowest BCUT2D eigenvalue weighted by atomic mass is 10.1. The lowest BCUT2D eigenvalue weighted by Gasteiger charge is -2.25. The quantitative estimate of drug-likeness (QED) is 0.528. The molecule has 1 atom stereocenters. The van der Waals surface area contributed by atoms with Crippen LogP contribution in [0.2, 0.25) is 0 Å². The molecule has 2 aromatic heterocycles. The molecule has 7 nitrogen and oxygen atoms in total. The van der Waals surface area contributed by atoms with Crippen molar-refractivity contribution in [3.8, 4) is 10.6 Å². The SMILES string of the molecule is CSCCC(C(=O)NCc1csc(-c2cccnc2)n1)N1C(=O)c2ccccc2C1=O. The molecule has 1 aliphatic rings. The van der Waals surface area contributed by atoms with Gasteiger partial charge in [-0.3, -0.25) is 24.3 Å². The minimum atomic E-state index is -0.865. The number of thioether (sulfide) groups is 1. The van der Waals surface area contributed by atoms with Crippen molar-refractivity contribution < 1.29 is 14.4 Å². The second-order valence-electron chi connectivity index (χ2n) is 6.93. The summed E-state index contributed by atoms with van der Waals surface area (Å²) < 4.78 is 0. The van der Waals surface area contributed by atoms with Crippen LogP contribution in [0.15, 0.2) is 54.2 Å². The van der Waals surface area contributed by atoms with Gasteiger partial charge in [-0.25, -0.2) is 4.98 Å². The minimum absolute atomic E-state index is 0.217. The highest BCUT2D eigenvalue weighted by molar-refractivity contribution is 7.98. The summed E-state index contributed by atoms with van der Waals surface area (Å²) in [6.07, 6.45) is 5.75. The zero-order valence-corrected chi connectivity index (χ0v) is 18.4. The van der Waals surface area contributed by atoms with Crippen molar-refractivity contribution >= 4 is 40.8 Å². The minimum Gasteiger partial charge on any atom is -0.349 e. The van der Waals surface area contributed by atoms with Gasteiger partial charge in [0.05, 0.1) is 23.4 Å².